The lowest BCUT2D eigenvalue weighted by Crippen LogP contribution is -2.32. The number of halogens is 1. The lowest BCUT2D eigenvalue weighted by Gasteiger charge is -2.16. The van der Waals surface area contributed by atoms with E-state index < -0.39 is 11.8 Å². The Morgan fingerprint density at radius 2 is 1.66 bits per heavy atom. The maximum absolute atomic E-state index is 13.6. The molecule has 1 aliphatic rings. The van der Waals surface area contributed by atoms with Crippen molar-refractivity contribution >= 4 is 40.4 Å². The molecule has 0 atom stereocenters. The van der Waals surface area contributed by atoms with Gasteiger partial charge in [-0.25, -0.2) is 4.90 Å². The number of methoxy groups -OCH3 is 1. The van der Waals surface area contributed by atoms with Gasteiger partial charge in [0.1, 0.15) is 11.4 Å². The van der Waals surface area contributed by atoms with Crippen molar-refractivity contribution in [3.05, 3.63) is 94.1 Å². The molecule has 3 aromatic carbocycles. The van der Waals surface area contributed by atoms with E-state index in [-0.39, 0.29) is 11.3 Å². The van der Waals surface area contributed by atoms with Crippen molar-refractivity contribution < 1.29 is 14.3 Å². The molecule has 0 radical (unpaired) electrons. The monoisotopic (exact) mass is 446 g/mol. The maximum Gasteiger partial charge on any atom is 0.282 e. The van der Waals surface area contributed by atoms with E-state index >= 15 is 0 Å². The standard InChI is InChI=1S/C26H23ClN2O3/c1-4-17-12-14-18(15-13-17)29-25(30)23(19-8-5-6-11-22(19)32-3)24(26(29)31)28-21-10-7-9-20(27)16(21)2/h5-15,28H,4H2,1-3H3. The third kappa shape index (κ3) is 3.76. The molecule has 0 aliphatic carbocycles. The third-order valence-corrected chi connectivity index (χ3v) is 6.00. The summed E-state index contributed by atoms with van der Waals surface area (Å²) in [6, 6.07) is 20.0. The van der Waals surface area contributed by atoms with Crippen molar-refractivity contribution in [1.29, 1.82) is 0 Å². The second kappa shape index (κ2) is 8.89. The van der Waals surface area contributed by atoms with Gasteiger partial charge >= 0.3 is 0 Å². The summed E-state index contributed by atoms with van der Waals surface area (Å²) < 4.78 is 5.49. The molecule has 0 bridgehead atoms. The maximum atomic E-state index is 13.6. The zero-order chi connectivity index (χ0) is 22.8. The molecule has 3 aromatic rings. The number of rotatable bonds is 6. The van der Waals surface area contributed by atoms with Crippen LogP contribution in [0.3, 0.4) is 0 Å². The fourth-order valence-electron chi connectivity index (χ4n) is 3.74. The Morgan fingerprint density at radius 1 is 0.938 bits per heavy atom. The average molecular weight is 447 g/mol. The first-order valence-corrected chi connectivity index (χ1v) is 10.7. The van der Waals surface area contributed by atoms with Gasteiger partial charge in [-0.05, 0) is 54.8 Å². The van der Waals surface area contributed by atoms with Crippen molar-refractivity contribution in [2.45, 2.75) is 20.3 Å². The van der Waals surface area contributed by atoms with Crippen molar-refractivity contribution in [2.24, 2.45) is 0 Å². The summed E-state index contributed by atoms with van der Waals surface area (Å²) in [4.78, 5) is 28.4. The predicted octanol–water partition coefficient (Wildman–Crippen LogP) is 5.62. The largest absolute Gasteiger partial charge is 0.496 e. The Morgan fingerprint density at radius 3 is 2.34 bits per heavy atom. The van der Waals surface area contributed by atoms with Crippen molar-refractivity contribution in [1.82, 2.24) is 0 Å². The van der Waals surface area contributed by atoms with E-state index in [4.69, 9.17) is 16.3 Å². The number of hydrogen-bond acceptors (Lipinski definition) is 4. The minimum atomic E-state index is -0.431. The normalized spacial score (nSPS) is 13.7. The fraction of sp³-hybridized carbons (Fsp3) is 0.154. The minimum absolute atomic E-state index is 0.185. The van der Waals surface area contributed by atoms with Crippen LogP contribution in [0.15, 0.2) is 72.4 Å². The number of anilines is 2. The van der Waals surface area contributed by atoms with E-state index in [1.807, 2.05) is 37.3 Å². The second-order valence-corrected chi connectivity index (χ2v) is 7.86. The fourth-order valence-corrected chi connectivity index (χ4v) is 3.91. The van der Waals surface area contributed by atoms with E-state index in [1.165, 1.54) is 12.0 Å². The Hall–Kier alpha value is -3.57. The molecular weight excluding hydrogens is 424 g/mol. The van der Waals surface area contributed by atoms with Crippen molar-refractivity contribution in [3.8, 4) is 5.75 Å². The molecule has 0 spiro atoms. The molecule has 6 heteroatoms. The van der Waals surface area contributed by atoms with Crippen LogP contribution < -0.4 is 15.0 Å². The first kappa shape index (κ1) is 21.7. The van der Waals surface area contributed by atoms with Crippen LogP contribution in [0.25, 0.3) is 5.57 Å². The molecule has 162 valence electrons. The van der Waals surface area contributed by atoms with Gasteiger partial charge in [0.05, 0.1) is 18.4 Å². The molecular formula is C26H23ClN2O3. The number of aryl methyl sites for hydroxylation is 1. The summed E-state index contributed by atoms with van der Waals surface area (Å²) in [6.07, 6.45) is 0.869. The first-order valence-electron chi connectivity index (χ1n) is 10.3. The number of carbonyl (C=O) groups is 2. The highest BCUT2D eigenvalue weighted by Gasteiger charge is 2.41. The lowest BCUT2D eigenvalue weighted by atomic mass is 10.0. The zero-order valence-corrected chi connectivity index (χ0v) is 18.9. The van der Waals surface area contributed by atoms with Gasteiger partial charge < -0.3 is 10.1 Å². The quantitative estimate of drug-likeness (QED) is 0.499. The van der Waals surface area contributed by atoms with Crippen LogP contribution in [-0.4, -0.2) is 18.9 Å². The van der Waals surface area contributed by atoms with E-state index in [1.54, 1.807) is 36.4 Å². The number of hydrogen-bond donors (Lipinski definition) is 1. The average Bonchev–Trinajstić information content (AvgIpc) is 3.06. The van der Waals surface area contributed by atoms with Gasteiger partial charge in [0.15, 0.2) is 0 Å². The Bertz CT molecular complexity index is 1230. The number of nitrogens with one attached hydrogen (secondary N) is 1. The van der Waals surface area contributed by atoms with Gasteiger partial charge in [0.2, 0.25) is 0 Å². The highest BCUT2D eigenvalue weighted by Crippen LogP contribution is 2.38. The molecule has 0 saturated carbocycles. The van der Waals surface area contributed by atoms with Crippen LogP contribution in [0.2, 0.25) is 5.02 Å². The van der Waals surface area contributed by atoms with Gasteiger partial charge in [0.25, 0.3) is 11.8 Å². The van der Waals surface area contributed by atoms with Gasteiger partial charge in [-0.3, -0.25) is 9.59 Å². The SMILES string of the molecule is CCc1ccc(N2C(=O)C(Nc3cccc(Cl)c3C)=C(c3ccccc3OC)C2=O)cc1. The van der Waals surface area contributed by atoms with Crippen LogP contribution in [0, 0.1) is 6.92 Å². The number of ether oxygens (including phenoxy) is 1. The molecule has 0 fully saturated rings. The van der Waals surface area contributed by atoms with Gasteiger partial charge in [0, 0.05) is 16.3 Å². The summed E-state index contributed by atoms with van der Waals surface area (Å²) in [5, 5.41) is 3.75. The number of carbonyl (C=O) groups excluding carboxylic acids is 2. The molecule has 2 amide bonds. The number of amides is 2. The lowest BCUT2D eigenvalue weighted by molar-refractivity contribution is -0.120. The Labute approximate surface area is 192 Å². The van der Waals surface area contributed by atoms with Crippen LogP contribution in [-0.2, 0) is 16.0 Å². The molecule has 32 heavy (non-hydrogen) atoms. The third-order valence-electron chi connectivity index (χ3n) is 5.59. The second-order valence-electron chi connectivity index (χ2n) is 7.45. The molecule has 1 heterocycles. The summed E-state index contributed by atoms with van der Waals surface area (Å²) in [6.45, 7) is 3.91. The van der Waals surface area contributed by atoms with Gasteiger partial charge in [-0.1, -0.05) is 54.9 Å². The molecule has 1 aliphatic heterocycles. The molecule has 5 nitrogen and oxygen atoms in total. The van der Waals surface area contributed by atoms with Crippen LogP contribution in [0.4, 0.5) is 11.4 Å². The predicted molar refractivity (Wildman–Crippen MR) is 128 cm³/mol. The van der Waals surface area contributed by atoms with E-state index in [2.05, 4.69) is 12.2 Å². The number of imide groups is 1. The van der Waals surface area contributed by atoms with E-state index in [0.29, 0.717) is 27.7 Å². The topological polar surface area (TPSA) is 58.6 Å². The molecule has 0 aromatic heterocycles. The molecule has 4 rings (SSSR count). The van der Waals surface area contributed by atoms with E-state index in [0.717, 1.165) is 17.5 Å². The molecule has 0 unspecified atom stereocenters. The highest BCUT2D eigenvalue weighted by molar-refractivity contribution is 6.46. The van der Waals surface area contributed by atoms with Crippen LogP contribution >= 0.6 is 11.6 Å². The van der Waals surface area contributed by atoms with Gasteiger partial charge in [-0.15, -0.1) is 0 Å². The summed E-state index contributed by atoms with van der Waals surface area (Å²) >= 11 is 6.28. The first-order chi connectivity index (χ1) is 15.5. The highest BCUT2D eigenvalue weighted by atomic mass is 35.5. The summed E-state index contributed by atoms with van der Waals surface area (Å²) in [5.41, 5.74) is 4.07. The van der Waals surface area contributed by atoms with Crippen LogP contribution in [0.5, 0.6) is 5.75 Å². The van der Waals surface area contributed by atoms with E-state index in [9.17, 15) is 9.59 Å². The molecule has 1 N–H and O–H groups in total. The van der Waals surface area contributed by atoms with Crippen molar-refractivity contribution in [3.63, 3.8) is 0 Å². The summed E-state index contributed by atoms with van der Waals surface area (Å²) in [7, 11) is 1.54. The van der Waals surface area contributed by atoms with Gasteiger partial charge in [-0.2, -0.15) is 0 Å². The number of nitrogens with zero attached hydrogens (tertiary/aromatic N) is 1. The minimum Gasteiger partial charge on any atom is -0.496 e. The molecule has 0 saturated heterocycles. The Kier molecular flexibility index (Phi) is 6.01. The smallest absolute Gasteiger partial charge is 0.282 e. The van der Waals surface area contributed by atoms with Crippen molar-refractivity contribution in [2.75, 3.05) is 17.3 Å². The van der Waals surface area contributed by atoms with Crippen LogP contribution in [0.1, 0.15) is 23.6 Å². The number of benzene rings is 3. The summed E-state index contributed by atoms with van der Waals surface area (Å²) in [5.74, 6) is -0.334. The zero-order valence-electron chi connectivity index (χ0n) is 18.1. The number of para-hydroxylation sites is 1. The Balaban J connectivity index is 1.86.